The van der Waals surface area contributed by atoms with E-state index in [1.807, 2.05) is 41.3 Å². The Kier molecular flexibility index (Phi) is 9.08. The molecule has 2 aromatic carbocycles. The average molecular weight is 523 g/mol. The standard InChI is InChI=1S/C32H38N6O/c33-21-27-11-18-31(34-23-27)36-28-12-16-30(17-13-28)38(32(39)35-22-25-7-3-1-4-8-25)29-14-9-26(10-15-29)24-37-19-5-2-6-20-37/h1,3-4,7-11,14-15,18,23,28,30H,2,5-6,12-13,16-17,19-20,22,24H2,(H,34,36)(H,35,39)/t28-,30-. The van der Waals surface area contributed by atoms with Gasteiger partial charge in [-0.05, 0) is 87.0 Å². The lowest BCUT2D eigenvalue weighted by molar-refractivity contribution is 0.221. The molecule has 7 heteroatoms. The number of aromatic nitrogens is 1. The molecule has 1 aromatic heterocycles. The minimum absolute atomic E-state index is 0.0483. The molecule has 0 spiro atoms. The van der Waals surface area contributed by atoms with Crippen molar-refractivity contribution in [2.45, 2.75) is 70.1 Å². The van der Waals surface area contributed by atoms with Crippen molar-refractivity contribution >= 4 is 17.5 Å². The highest BCUT2D eigenvalue weighted by Crippen LogP contribution is 2.30. The molecule has 2 aliphatic rings. The minimum atomic E-state index is -0.0483. The van der Waals surface area contributed by atoms with Gasteiger partial charge >= 0.3 is 6.03 Å². The van der Waals surface area contributed by atoms with E-state index in [-0.39, 0.29) is 12.1 Å². The summed E-state index contributed by atoms with van der Waals surface area (Å²) < 4.78 is 0. The zero-order valence-corrected chi connectivity index (χ0v) is 22.6. The Hall–Kier alpha value is -3.89. The average Bonchev–Trinajstić information content (AvgIpc) is 2.99. The van der Waals surface area contributed by atoms with Crippen LogP contribution in [0.15, 0.2) is 72.9 Å². The van der Waals surface area contributed by atoms with E-state index < -0.39 is 0 Å². The number of nitriles is 1. The zero-order chi connectivity index (χ0) is 26.9. The lowest BCUT2D eigenvalue weighted by atomic mass is 9.89. The van der Waals surface area contributed by atoms with Crippen LogP contribution < -0.4 is 15.5 Å². The second kappa shape index (κ2) is 13.3. The van der Waals surface area contributed by atoms with Crippen LogP contribution in [-0.2, 0) is 13.1 Å². The van der Waals surface area contributed by atoms with E-state index in [4.69, 9.17) is 5.26 Å². The molecule has 2 amide bonds. The summed E-state index contributed by atoms with van der Waals surface area (Å²) in [6, 6.07) is 24.8. The van der Waals surface area contributed by atoms with Gasteiger partial charge in [0, 0.05) is 37.1 Å². The molecule has 0 radical (unpaired) electrons. The first-order valence-electron chi connectivity index (χ1n) is 14.2. The van der Waals surface area contributed by atoms with Gasteiger partial charge in [-0.1, -0.05) is 48.9 Å². The number of amides is 2. The molecule has 0 atom stereocenters. The number of anilines is 2. The lowest BCUT2D eigenvalue weighted by Gasteiger charge is -2.37. The Morgan fingerprint density at radius 3 is 2.33 bits per heavy atom. The van der Waals surface area contributed by atoms with Gasteiger partial charge in [0.05, 0.1) is 5.56 Å². The van der Waals surface area contributed by atoms with Gasteiger partial charge in [-0.25, -0.2) is 9.78 Å². The van der Waals surface area contributed by atoms with Crippen LogP contribution in [0.3, 0.4) is 0 Å². The monoisotopic (exact) mass is 522 g/mol. The number of rotatable bonds is 8. The van der Waals surface area contributed by atoms with Crippen molar-refractivity contribution in [3.63, 3.8) is 0 Å². The number of pyridine rings is 1. The quantitative estimate of drug-likeness (QED) is 0.375. The molecule has 1 aliphatic heterocycles. The van der Waals surface area contributed by atoms with E-state index in [2.05, 4.69) is 50.9 Å². The van der Waals surface area contributed by atoms with Crippen molar-refractivity contribution in [3.05, 3.63) is 89.6 Å². The molecule has 7 nitrogen and oxygen atoms in total. The maximum Gasteiger partial charge on any atom is 0.322 e. The summed E-state index contributed by atoms with van der Waals surface area (Å²) in [4.78, 5) is 22.5. The second-order valence-corrected chi connectivity index (χ2v) is 10.7. The van der Waals surface area contributed by atoms with Gasteiger partial charge in [0.2, 0.25) is 0 Å². The molecule has 2 N–H and O–H groups in total. The maximum atomic E-state index is 13.6. The summed E-state index contributed by atoms with van der Waals surface area (Å²) in [6.45, 7) is 3.82. The van der Waals surface area contributed by atoms with Crippen molar-refractivity contribution in [3.8, 4) is 6.07 Å². The number of carbonyl (C=O) groups excluding carboxylic acids is 1. The van der Waals surface area contributed by atoms with Gasteiger partial charge in [0.15, 0.2) is 0 Å². The fourth-order valence-corrected chi connectivity index (χ4v) is 5.72. The van der Waals surface area contributed by atoms with Crippen LogP contribution in [0.5, 0.6) is 0 Å². The largest absolute Gasteiger partial charge is 0.367 e. The van der Waals surface area contributed by atoms with Gasteiger partial charge in [-0.15, -0.1) is 0 Å². The smallest absolute Gasteiger partial charge is 0.322 e. The highest BCUT2D eigenvalue weighted by atomic mass is 16.2. The molecule has 202 valence electrons. The first-order chi connectivity index (χ1) is 19.2. The molecular formula is C32H38N6O. The molecule has 1 saturated carbocycles. The second-order valence-electron chi connectivity index (χ2n) is 10.7. The van der Waals surface area contributed by atoms with Gasteiger partial charge in [-0.2, -0.15) is 5.26 Å². The number of likely N-dealkylation sites (tertiary alicyclic amines) is 1. The van der Waals surface area contributed by atoms with Gasteiger partial charge in [0.1, 0.15) is 11.9 Å². The Morgan fingerprint density at radius 1 is 0.923 bits per heavy atom. The van der Waals surface area contributed by atoms with E-state index in [1.165, 1.54) is 37.9 Å². The number of piperidine rings is 1. The topological polar surface area (TPSA) is 84.3 Å². The summed E-state index contributed by atoms with van der Waals surface area (Å²) in [5.74, 6) is 0.791. The van der Waals surface area contributed by atoms with E-state index >= 15 is 0 Å². The number of hydrogen-bond donors (Lipinski definition) is 2. The molecule has 1 saturated heterocycles. The highest BCUT2D eigenvalue weighted by Gasteiger charge is 2.30. The summed E-state index contributed by atoms with van der Waals surface area (Å²) in [5, 5.41) is 15.7. The molecule has 39 heavy (non-hydrogen) atoms. The normalized spacial score (nSPS) is 19.6. The van der Waals surface area contributed by atoms with E-state index in [0.717, 1.165) is 49.3 Å². The summed E-state index contributed by atoms with van der Waals surface area (Å²) in [6.07, 6.45) is 9.21. The van der Waals surface area contributed by atoms with Gasteiger partial charge in [0.25, 0.3) is 0 Å². The number of benzene rings is 2. The van der Waals surface area contributed by atoms with Crippen LogP contribution in [-0.4, -0.2) is 41.1 Å². The third kappa shape index (κ3) is 7.36. The maximum absolute atomic E-state index is 13.6. The van der Waals surface area contributed by atoms with Crippen molar-refractivity contribution in [2.75, 3.05) is 23.3 Å². The van der Waals surface area contributed by atoms with E-state index in [0.29, 0.717) is 18.2 Å². The number of nitrogens with one attached hydrogen (secondary N) is 2. The Balaban J connectivity index is 1.25. The molecule has 5 rings (SSSR count). The lowest BCUT2D eigenvalue weighted by Crippen LogP contribution is -2.48. The summed E-state index contributed by atoms with van der Waals surface area (Å²) >= 11 is 0. The molecule has 2 heterocycles. The molecule has 0 unspecified atom stereocenters. The van der Waals surface area contributed by atoms with Crippen molar-refractivity contribution in [2.24, 2.45) is 0 Å². The van der Waals surface area contributed by atoms with E-state index in [1.54, 1.807) is 12.3 Å². The summed E-state index contributed by atoms with van der Waals surface area (Å²) in [5.41, 5.74) is 3.90. The molecule has 1 aliphatic carbocycles. The fourth-order valence-electron chi connectivity index (χ4n) is 5.72. The van der Waals surface area contributed by atoms with Gasteiger partial charge < -0.3 is 10.6 Å². The van der Waals surface area contributed by atoms with Crippen LogP contribution in [0.4, 0.5) is 16.3 Å². The fraction of sp³-hybridized carbons (Fsp3) is 0.406. The third-order valence-electron chi connectivity index (χ3n) is 7.88. The first-order valence-corrected chi connectivity index (χ1v) is 14.2. The van der Waals surface area contributed by atoms with E-state index in [9.17, 15) is 4.79 Å². The highest BCUT2D eigenvalue weighted by molar-refractivity contribution is 5.92. The van der Waals surface area contributed by atoms with Crippen LogP contribution >= 0.6 is 0 Å². The SMILES string of the molecule is N#Cc1ccc(N[C@H]2CC[C@H](N(C(=O)NCc3ccccc3)c3ccc(CN4CCCCC4)cc3)CC2)nc1. The van der Waals surface area contributed by atoms with Gasteiger partial charge in [-0.3, -0.25) is 9.80 Å². The molecule has 2 fully saturated rings. The van der Waals surface area contributed by atoms with Crippen LogP contribution in [0.2, 0.25) is 0 Å². The predicted molar refractivity (Wildman–Crippen MR) is 155 cm³/mol. The number of nitrogens with zero attached hydrogens (tertiary/aromatic N) is 4. The predicted octanol–water partition coefficient (Wildman–Crippen LogP) is 6.08. The van der Waals surface area contributed by atoms with Crippen molar-refractivity contribution < 1.29 is 4.79 Å². The molecular weight excluding hydrogens is 484 g/mol. The first kappa shape index (κ1) is 26.7. The van der Waals surface area contributed by atoms with Crippen molar-refractivity contribution in [1.82, 2.24) is 15.2 Å². The Bertz CT molecular complexity index is 1220. The third-order valence-corrected chi connectivity index (χ3v) is 7.88. The zero-order valence-electron chi connectivity index (χ0n) is 22.6. The van der Waals surface area contributed by atoms with Crippen molar-refractivity contribution in [1.29, 1.82) is 5.26 Å². The Labute approximate surface area is 231 Å². The number of urea groups is 1. The van der Waals surface area contributed by atoms with Crippen LogP contribution in [0, 0.1) is 11.3 Å². The number of hydrogen-bond acceptors (Lipinski definition) is 5. The molecule has 0 bridgehead atoms. The molecule has 3 aromatic rings. The van der Waals surface area contributed by atoms with Crippen LogP contribution in [0.1, 0.15) is 61.6 Å². The number of carbonyl (C=O) groups is 1. The summed E-state index contributed by atoms with van der Waals surface area (Å²) in [7, 11) is 0. The van der Waals surface area contributed by atoms with Crippen LogP contribution in [0.25, 0.3) is 0 Å². The minimum Gasteiger partial charge on any atom is -0.367 e. The Morgan fingerprint density at radius 2 is 1.67 bits per heavy atom.